The molecule has 1 amide bonds. The number of phenols is 1. The van der Waals surface area contributed by atoms with Crippen molar-refractivity contribution < 1.29 is 19.4 Å². The molecule has 3 rings (SSSR count). The predicted molar refractivity (Wildman–Crippen MR) is 155 cm³/mol. The lowest BCUT2D eigenvalue weighted by Gasteiger charge is -2.21. The van der Waals surface area contributed by atoms with Crippen LogP contribution in [0.2, 0.25) is 0 Å². The van der Waals surface area contributed by atoms with Crippen LogP contribution >= 0.6 is 24.0 Å². The fraction of sp³-hybridized carbons (Fsp3) is 0.286. The predicted octanol–water partition coefficient (Wildman–Crippen LogP) is 6.47. The van der Waals surface area contributed by atoms with Gasteiger partial charge in [0.1, 0.15) is 11.5 Å². The Morgan fingerprint density at radius 2 is 1.86 bits per heavy atom. The maximum absolute atomic E-state index is 12.6. The molecule has 196 valence electrons. The molecular weight excluding hydrogens is 506 g/mol. The SMILES string of the molecule is CCC(=O)CSc1cccc(NC(=O)c2ccc(O)c(C(C)(C)C)c2)c1.COc1ccc(NC=S)cn1. The van der Waals surface area contributed by atoms with Crippen LogP contribution in [0.25, 0.3) is 0 Å². The number of methoxy groups -OCH3 is 1. The number of pyridine rings is 1. The highest BCUT2D eigenvalue weighted by Crippen LogP contribution is 2.31. The average Bonchev–Trinajstić information content (AvgIpc) is 2.88. The van der Waals surface area contributed by atoms with Gasteiger partial charge in [-0.15, -0.1) is 11.8 Å². The molecule has 0 unspecified atom stereocenters. The normalized spacial score (nSPS) is 10.5. The lowest BCUT2D eigenvalue weighted by atomic mass is 9.85. The van der Waals surface area contributed by atoms with Crippen LogP contribution in [0, 0.1) is 0 Å². The third-order valence-corrected chi connectivity index (χ3v) is 6.30. The second-order valence-electron chi connectivity index (χ2n) is 9.00. The van der Waals surface area contributed by atoms with Crippen molar-refractivity contribution in [2.75, 3.05) is 23.5 Å². The monoisotopic (exact) mass is 539 g/mol. The number of rotatable bonds is 9. The Morgan fingerprint density at radius 3 is 2.46 bits per heavy atom. The maximum Gasteiger partial charge on any atom is 0.255 e. The minimum absolute atomic E-state index is 0.188. The summed E-state index contributed by atoms with van der Waals surface area (Å²) in [5, 5.41) is 15.8. The Balaban J connectivity index is 0.000000364. The van der Waals surface area contributed by atoms with Crippen LogP contribution in [-0.4, -0.2) is 40.1 Å². The molecule has 9 heteroatoms. The summed E-state index contributed by atoms with van der Waals surface area (Å²) >= 11 is 6.06. The molecule has 7 nitrogen and oxygen atoms in total. The molecule has 1 aromatic heterocycles. The molecule has 0 aliphatic heterocycles. The zero-order valence-electron chi connectivity index (χ0n) is 21.7. The number of nitrogens with zero attached hydrogens (tertiary/aromatic N) is 1. The van der Waals surface area contributed by atoms with E-state index < -0.39 is 0 Å². The standard InChI is InChI=1S/C21H25NO3S.C7H8N2OS/c1-5-16(23)13-26-17-8-6-7-15(12-17)22-20(25)14-9-10-19(24)18(11-14)21(2,3)4;1-10-7-3-2-6(4-8-7)9-5-11/h6-12,24H,5,13H2,1-4H3,(H,22,25);2-5H,1H3,(H,9,11). The lowest BCUT2D eigenvalue weighted by molar-refractivity contribution is -0.116. The number of aromatic nitrogens is 1. The Bertz CT molecular complexity index is 1210. The summed E-state index contributed by atoms with van der Waals surface area (Å²) in [5.41, 5.74) is 3.93. The smallest absolute Gasteiger partial charge is 0.255 e. The average molecular weight is 540 g/mol. The molecule has 0 saturated heterocycles. The molecule has 0 spiro atoms. The van der Waals surface area contributed by atoms with Crippen molar-refractivity contribution in [2.45, 2.75) is 44.4 Å². The van der Waals surface area contributed by atoms with E-state index in [0.29, 0.717) is 29.3 Å². The molecule has 0 aliphatic rings. The Hall–Kier alpha value is -3.43. The maximum atomic E-state index is 12.6. The van der Waals surface area contributed by atoms with Crippen molar-refractivity contribution >= 4 is 52.5 Å². The highest BCUT2D eigenvalue weighted by atomic mass is 32.2. The highest BCUT2D eigenvalue weighted by Gasteiger charge is 2.20. The van der Waals surface area contributed by atoms with Crippen LogP contribution in [0.15, 0.2) is 65.7 Å². The second-order valence-corrected chi connectivity index (χ2v) is 10.3. The molecule has 0 radical (unpaired) electrons. The largest absolute Gasteiger partial charge is 0.508 e. The summed E-state index contributed by atoms with van der Waals surface area (Å²) in [5.74, 6) is 1.18. The number of amides is 1. The van der Waals surface area contributed by atoms with Gasteiger partial charge < -0.3 is 20.5 Å². The molecule has 3 aromatic rings. The van der Waals surface area contributed by atoms with Crippen LogP contribution in [0.4, 0.5) is 11.4 Å². The van der Waals surface area contributed by atoms with E-state index in [0.717, 1.165) is 16.1 Å². The molecule has 1 heterocycles. The zero-order valence-corrected chi connectivity index (χ0v) is 23.3. The third-order valence-electron chi connectivity index (χ3n) is 5.12. The van der Waals surface area contributed by atoms with E-state index in [9.17, 15) is 14.7 Å². The minimum atomic E-state index is -0.261. The van der Waals surface area contributed by atoms with E-state index >= 15 is 0 Å². The first-order valence-corrected chi connectivity index (χ1v) is 13.1. The Kier molecular flexibility index (Phi) is 11.6. The number of ether oxygens (including phenoxy) is 1. The lowest BCUT2D eigenvalue weighted by Crippen LogP contribution is -2.16. The number of nitrogens with one attached hydrogen (secondary N) is 2. The fourth-order valence-electron chi connectivity index (χ4n) is 3.07. The number of hydrogen-bond acceptors (Lipinski definition) is 7. The Morgan fingerprint density at radius 1 is 1.11 bits per heavy atom. The van der Waals surface area contributed by atoms with Gasteiger partial charge >= 0.3 is 0 Å². The number of Topliss-reactive ketones (excluding diaryl/α,β-unsaturated/α-hetero) is 1. The summed E-state index contributed by atoms with van der Waals surface area (Å²) in [6, 6.07) is 15.9. The van der Waals surface area contributed by atoms with Crippen molar-refractivity contribution in [1.29, 1.82) is 0 Å². The van der Waals surface area contributed by atoms with E-state index in [4.69, 9.17) is 4.74 Å². The van der Waals surface area contributed by atoms with E-state index in [1.807, 2.05) is 58.0 Å². The zero-order chi connectivity index (χ0) is 27.4. The first-order valence-electron chi connectivity index (χ1n) is 11.7. The molecule has 0 fully saturated rings. The summed E-state index contributed by atoms with van der Waals surface area (Å²) in [7, 11) is 1.58. The number of hydrogen-bond donors (Lipinski definition) is 3. The minimum Gasteiger partial charge on any atom is -0.508 e. The number of anilines is 2. The first-order chi connectivity index (χ1) is 17.6. The van der Waals surface area contributed by atoms with Crippen molar-refractivity contribution in [3.05, 3.63) is 71.9 Å². The number of carbonyl (C=O) groups is 2. The molecule has 0 atom stereocenters. The number of thiocarbonyl (C=S) groups is 1. The fourth-order valence-corrected chi connectivity index (χ4v) is 4.12. The van der Waals surface area contributed by atoms with Gasteiger partial charge in [-0.1, -0.05) is 46.0 Å². The van der Waals surface area contributed by atoms with E-state index in [-0.39, 0.29) is 22.9 Å². The second kappa shape index (κ2) is 14.3. The van der Waals surface area contributed by atoms with Crippen LogP contribution in [0.5, 0.6) is 11.6 Å². The van der Waals surface area contributed by atoms with Gasteiger partial charge in [-0.3, -0.25) is 9.59 Å². The summed E-state index contributed by atoms with van der Waals surface area (Å²) in [4.78, 5) is 28.9. The van der Waals surface area contributed by atoms with Gasteiger partial charge in [-0.05, 0) is 47.9 Å². The van der Waals surface area contributed by atoms with Crippen molar-refractivity contribution in [3.63, 3.8) is 0 Å². The van der Waals surface area contributed by atoms with Crippen molar-refractivity contribution in [1.82, 2.24) is 4.98 Å². The topological polar surface area (TPSA) is 101 Å². The van der Waals surface area contributed by atoms with Gasteiger partial charge in [0.05, 0.1) is 30.2 Å². The van der Waals surface area contributed by atoms with Crippen LogP contribution in [0.3, 0.4) is 0 Å². The summed E-state index contributed by atoms with van der Waals surface area (Å²) in [6.07, 6.45) is 2.18. The van der Waals surface area contributed by atoms with Gasteiger partial charge in [0, 0.05) is 34.2 Å². The first kappa shape index (κ1) is 29.8. The quantitative estimate of drug-likeness (QED) is 0.210. The molecule has 0 bridgehead atoms. The number of phenolic OH excluding ortho intramolecular Hbond substituents is 1. The van der Waals surface area contributed by atoms with Gasteiger partial charge in [-0.2, -0.15) is 0 Å². The number of aromatic hydroxyl groups is 1. The van der Waals surface area contributed by atoms with E-state index in [2.05, 4.69) is 27.8 Å². The van der Waals surface area contributed by atoms with E-state index in [1.54, 1.807) is 37.6 Å². The summed E-state index contributed by atoms with van der Waals surface area (Å²) in [6.45, 7) is 7.81. The number of carbonyl (C=O) groups excluding carboxylic acids is 2. The molecule has 2 aromatic carbocycles. The van der Waals surface area contributed by atoms with Crippen molar-refractivity contribution in [2.24, 2.45) is 0 Å². The summed E-state index contributed by atoms with van der Waals surface area (Å²) < 4.78 is 4.87. The molecule has 37 heavy (non-hydrogen) atoms. The van der Waals surface area contributed by atoms with Crippen LogP contribution in [0.1, 0.15) is 50.0 Å². The highest BCUT2D eigenvalue weighted by molar-refractivity contribution is 8.00. The number of benzene rings is 2. The molecule has 0 saturated carbocycles. The third kappa shape index (κ3) is 9.86. The molecular formula is C28H33N3O4S2. The van der Waals surface area contributed by atoms with Crippen LogP contribution < -0.4 is 15.4 Å². The Labute approximate surface area is 228 Å². The van der Waals surface area contributed by atoms with Crippen LogP contribution in [-0.2, 0) is 10.2 Å². The van der Waals surface area contributed by atoms with E-state index in [1.165, 1.54) is 17.3 Å². The van der Waals surface area contributed by atoms with Gasteiger partial charge in [0.15, 0.2) is 0 Å². The van der Waals surface area contributed by atoms with Gasteiger partial charge in [0.2, 0.25) is 5.88 Å². The van der Waals surface area contributed by atoms with Crippen molar-refractivity contribution in [3.8, 4) is 11.6 Å². The van der Waals surface area contributed by atoms with Gasteiger partial charge in [-0.25, -0.2) is 4.98 Å². The van der Waals surface area contributed by atoms with Gasteiger partial charge in [0.25, 0.3) is 5.91 Å². The number of ketones is 1. The molecule has 0 aliphatic carbocycles. The molecule has 3 N–H and O–H groups in total. The number of thioether (sulfide) groups is 1.